The maximum Gasteiger partial charge on any atom is 0.309 e. The van der Waals surface area contributed by atoms with Gasteiger partial charge in [-0.15, -0.1) is 0 Å². The van der Waals surface area contributed by atoms with Crippen LogP contribution >= 0.6 is 0 Å². The van der Waals surface area contributed by atoms with Crippen molar-refractivity contribution in [2.75, 3.05) is 7.11 Å². The third-order valence-electron chi connectivity index (χ3n) is 3.52. The normalized spacial score (nSPS) is 23.6. The summed E-state index contributed by atoms with van der Waals surface area (Å²) in [4.78, 5) is 12.0. The Morgan fingerprint density at radius 2 is 2.06 bits per heavy atom. The van der Waals surface area contributed by atoms with Gasteiger partial charge in [-0.3, -0.25) is 4.79 Å². The number of ether oxygens (including phenoxy) is 2. The molecule has 1 aliphatic carbocycles. The van der Waals surface area contributed by atoms with Crippen LogP contribution in [0.5, 0.6) is 0 Å². The van der Waals surface area contributed by atoms with E-state index in [-0.39, 0.29) is 18.0 Å². The van der Waals surface area contributed by atoms with E-state index in [0.717, 1.165) is 31.2 Å². The van der Waals surface area contributed by atoms with E-state index in [1.807, 2.05) is 30.3 Å². The second kappa shape index (κ2) is 6.55. The fourth-order valence-electron chi connectivity index (χ4n) is 2.42. The van der Waals surface area contributed by atoms with Crippen molar-refractivity contribution < 1.29 is 14.3 Å². The molecule has 0 heterocycles. The maximum absolute atomic E-state index is 12.0. The van der Waals surface area contributed by atoms with Gasteiger partial charge in [0.2, 0.25) is 0 Å². The Morgan fingerprint density at radius 1 is 1.28 bits per heavy atom. The number of hydrogen-bond donors (Lipinski definition) is 0. The number of carbonyl (C=O) groups excluding carboxylic acids is 1. The summed E-state index contributed by atoms with van der Waals surface area (Å²) >= 11 is 0. The lowest BCUT2D eigenvalue weighted by Crippen LogP contribution is -2.28. The topological polar surface area (TPSA) is 35.5 Å². The lowest BCUT2D eigenvalue weighted by Gasteiger charge is -2.26. The molecule has 2 atom stereocenters. The predicted octanol–water partition coefficient (Wildman–Crippen LogP) is 2.94. The Labute approximate surface area is 108 Å². The predicted molar refractivity (Wildman–Crippen MR) is 69.0 cm³/mol. The number of methoxy groups -OCH3 is 1. The van der Waals surface area contributed by atoms with Gasteiger partial charge in [-0.05, 0) is 24.8 Å². The molecule has 2 rings (SSSR count). The number of esters is 1. The molecule has 0 saturated heterocycles. The molecule has 0 N–H and O–H groups in total. The molecule has 1 aliphatic rings. The van der Waals surface area contributed by atoms with Gasteiger partial charge < -0.3 is 9.47 Å². The van der Waals surface area contributed by atoms with Crippen molar-refractivity contribution in [1.82, 2.24) is 0 Å². The van der Waals surface area contributed by atoms with Crippen molar-refractivity contribution >= 4 is 5.97 Å². The molecular formula is C15H20O3. The van der Waals surface area contributed by atoms with Gasteiger partial charge in [0.25, 0.3) is 0 Å². The number of carbonyl (C=O) groups is 1. The van der Waals surface area contributed by atoms with Crippen LogP contribution in [0.2, 0.25) is 0 Å². The molecule has 0 unspecified atom stereocenters. The molecule has 0 spiro atoms. The van der Waals surface area contributed by atoms with Gasteiger partial charge >= 0.3 is 5.97 Å². The van der Waals surface area contributed by atoms with Crippen LogP contribution in [0.15, 0.2) is 30.3 Å². The minimum absolute atomic E-state index is 0.00686. The summed E-state index contributed by atoms with van der Waals surface area (Å²) in [6.07, 6.45) is 4.04. The van der Waals surface area contributed by atoms with Crippen molar-refractivity contribution in [2.45, 2.75) is 38.4 Å². The van der Waals surface area contributed by atoms with E-state index in [9.17, 15) is 4.79 Å². The van der Waals surface area contributed by atoms with Gasteiger partial charge in [0.1, 0.15) is 6.61 Å². The average Bonchev–Trinajstić information content (AvgIpc) is 2.46. The molecule has 1 fully saturated rings. The molecule has 18 heavy (non-hydrogen) atoms. The highest BCUT2D eigenvalue weighted by Crippen LogP contribution is 2.27. The minimum atomic E-state index is -0.0828. The van der Waals surface area contributed by atoms with Crippen LogP contribution in [-0.4, -0.2) is 19.2 Å². The van der Waals surface area contributed by atoms with Gasteiger partial charge in [0, 0.05) is 7.11 Å². The summed E-state index contributed by atoms with van der Waals surface area (Å²) < 4.78 is 10.7. The molecule has 0 aliphatic heterocycles. The molecule has 0 amide bonds. The molecular weight excluding hydrogens is 228 g/mol. The van der Waals surface area contributed by atoms with Crippen LogP contribution in [0.1, 0.15) is 31.2 Å². The summed E-state index contributed by atoms with van der Waals surface area (Å²) in [7, 11) is 1.71. The monoisotopic (exact) mass is 248 g/mol. The van der Waals surface area contributed by atoms with Crippen molar-refractivity contribution in [3.63, 3.8) is 0 Å². The molecule has 3 heteroatoms. The molecule has 0 bridgehead atoms. The Balaban J connectivity index is 1.81. The van der Waals surface area contributed by atoms with Gasteiger partial charge in [-0.2, -0.15) is 0 Å². The van der Waals surface area contributed by atoms with Crippen LogP contribution in [0.4, 0.5) is 0 Å². The highest BCUT2D eigenvalue weighted by atomic mass is 16.5. The van der Waals surface area contributed by atoms with Crippen LogP contribution in [-0.2, 0) is 20.9 Å². The smallest absolute Gasteiger partial charge is 0.309 e. The molecule has 0 aromatic heterocycles. The average molecular weight is 248 g/mol. The molecule has 1 aromatic carbocycles. The Hall–Kier alpha value is -1.35. The highest BCUT2D eigenvalue weighted by molar-refractivity contribution is 5.72. The Morgan fingerprint density at radius 3 is 2.78 bits per heavy atom. The summed E-state index contributed by atoms with van der Waals surface area (Å²) in [6, 6.07) is 9.78. The largest absolute Gasteiger partial charge is 0.461 e. The fraction of sp³-hybridized carbons (Fsp3) is 0.533. The molecule has 1 aromatic rings. The van der Waals surface area contributed by atoms with E-state index in [1.165, 1.54) is 0 Å². The third-order valence-corrected chi connectivity index (χ3v) is 3.52. The zero-order chi connectivity index (χ0) is 12.8. The van der Waals surface area contributed by atoms with Crippen molar-refractivity contribution in [2.24, 2.45) is 5.92 Å². The summed E-state index contributed by atoms with van der Waals surface area (Å²) in [6.45, 7) is 0.369. The quantitative estimate of drug-likeness (QED) is 0.768. The maximum atomic E-state index is 12.0. The lowest BCUT2D eigenvalue weighted by molar-refractivity contribution is -0.152. The first-order chi connectivity index (χ1) is 8.79. The van der Waals surface area contributed by atoms with Crippen molar-refractivity contribution in [3.8, 4) is 0 Å². The minimum Gasteiger partial charge on any atom is -0.461 e. The van der Waals surface area contributed by atoms with Crippen molar-refractivity contribution in [3.05, 3.63) is 35.9 Å². The van der Waals surface area contributed by atoms with Gasteiger partial charge in [0.05, 0.1) is 12.0 Å². The van der Waals surface area contributed by atoms with Crippen LogP contribution in [0, 0.1) is 5.92 Å². The zero-order valence-electron chi connectivity index (χ0n) is 10.8. The molecule has 3 nitrogen and oxygen atoms in total. The van der Waals surface area contributed by atoms with Crippen LogP contribution < -0.4 is 0 Å². The standard InChI is InChI=1S/C15H20O3/c1-17-14-9-5-8-13(10-14)15(16)18-11-12-6-3-2-4-7-12/h2-4,6-7,13-14H,5,8-11H2,1H3/t13-,14+/m1/s1. The second-order valence-electron chi connectivity index (χ2n) is 4.81. The van der Waals surface area contributed by atoms with Crippen LogP contribution in [0.3, 0.4) is 0 Å². The van der Waals surface area contributed by atoms with Crippen molar-refractivity contribution in [1.29, 1.82) is 0 Å². The van der Waals surface area contributed by atoms with Crippen LogP contribution in [0.25, 0.3) is 0 Å². The lowest BCUT2D eigenvalue weighted by atomic mass is 9.87. The van der Waals surface area contributed by atoms with E-state index in [0.29, 0.717) is 6.61 Å². The Bertz CT molecular complexity index is 375. The highest BCUT2D eigenvalue weighted by Gasteiger charge is 2.28. The van der Waals surface area contributed by atoms with Gasteiger partial charge in [0.15, 0.2) is 0 Å². The molecule has 1 saturated carbocycles. The second-order valence-corrected chi connectivity index (χ2v) is 4.81. The van der Waals surface area contributed by atoms with E-state index in [4.69, 9.17) is 9.47 Å². The third kappa shape index (κ3) is 3.57. The first kappa shape index (κ1) is 13.1. The molecule has 0 radical (unpaired) electrons. The summed E-state index contributed by atoms with van der Waals surface area (Å²) in [5, 5.41) is 0. The zero-order valence-corrected chi connectivity index (χ0v) is 10.8. The first-order valence-electron chi connectivity index (χ1n) is 6.53. The fourth-order valence-corrected chi connectivity index (χ4v) is 2.42. The van der Waals surface area contributed by atoms with E-state index < -0.39 is 0 Å². The summed E-state index contributed by atoms with van der Waals surface area (Å²) in [5.74, 6) is -0.0759. The van der Waals surface area contributed by atoms with Gasteiger partial charge in [-0.1, -0.05) is 36.8 Å². The first-order valence-corrected chi connectivity index (χ1v) is 6.53. The number of benzene rings is 1. The van der Waals surface area contributed by atoms with E-state index in [2.05, 4.69) is 0 Å². The number of rotatable bonds is 4. The SMILES string of the molecule is CO[C@H]1CCC[C@@H](C(=O)OCc2ccccc2)C1. The molecule has 98 valence electrons. The number of hydrogen-bond acceptors (Lipinski definition) is 3. The van der Waals surface area contributed by atoms with E-state index in [1.54, 1.807) is 7.11 Å². The van der Waals surface area contributed by atoms with E-state index >= 15 is 0 Å². The summed E-state index contributed by atoms with van der Waals surface area (Å²) in [5.41, 5.74) is 1.03. The Kier molecular flexibility index (Phi) is 4.76. The van der Waals surface area contributed by atoms with Gasteiger partial charge in [-0.25, -0.2) is 0 Å².